The molecule has 0 amide bonds. The number of fused-ring (bicyclic) bond motifs is 3. The lowest BCUT2D eigenvalue weighted by atomic mass is 9.98. The van der Waals surface area contributed by atoms with Crippen molar-refractivity contribution in [2.24, 2.45) is 4.99 Å². The van der Waals surface area contributed by atoms with Gasteiger partial charge in [-0.15, -0.1) is 0 Å². The second-order valence-electron chi connectivity index (χ2n) is 10.8. The van der Waals surface area contributed by atoms with Crippen molar-refractivity contribution in [2.45, 2.75) is 12.3 Å². The molecule has 2 unspecified atom stereocenters. The summed E-state index contributed by atoms with van der Waals surface area (Å²) in [5.74, 6) is 1.50. The molecular weight excluding hydrogens is 528 g/mol. The van der Waals surface area contributed by atoms with E-state index in [1.54, 1.807) is 0 Å². The second kappa shape index (κ2) is 10.7. The van der Waals surface area contributed by atoms with E-state index in [2.05, 4.69) is 108 Å². The van der Waals surface area contributed by atoms with Crippen LogP contribution in [0.15, 0.2) is 155 Å². The molecule has 0 aliphatic carbocycles. The normalized spacial score (nSPS) is 16.6. The zero-order valence-electron chi connectivity index (χ0n) is 23.3. The molecule has 1 aliphatic rings. The Morgan fingerprint density at radius 3 is 2.02 bits per heavy atom. The van der Waals surface area contributed by atoms with Crippen molar-refractivity contribution >= 4 is 27.7 Å². The van der Waals surface area contributed by atoms with Crippen LogP contribution in [0, 0.1) is 0 Å². The zero-order chi connectivity index (χ0) is 28.6. The first-order valence-corrected chi connectivity index (χ1v) is 14.5. The Bertz CT molecular complexity index is 2090. The molecule has 5 heteroatoms. The van der Waals surface area contributed by atoms with E-state index in [9.17, 15) is 0 Å². The molecule has 0 saturated carbocycles. The van der Waals surface area contributed by atoms with Crippen LogP contribution >= 0.6 is 0 Å². The molecule has 5 nitrogen and oxygen atoms in total. The Labute approximate surface area is 249 Å². The van der Waals surface area contributed by atoms with Crippen LogP contribution in [0.2, 0.25) is 0 Å². The maximum atomic E-state index is 6.26. The van der Waals surface area contributed by atoms with E-state index < -0.39 is 0 Å². The summed E-state index contributed by atoms with van der Waals surface area (Å²) in [6, 6.07) is 50.1. The minimum Gasteiger partial charge on any atom is -0.435 e. The lowest BCUT2D eigenvalue weighted by Gasteiger charge is -2.32. The first-order valence-electron chi connectivity index (χ1n) is 14.5. The van der Waals surface area contributed by atoms with Crippen molar-refractivity contribution in [1.82, 2.24) is 15.6 Å². The van der Waals surface area contributed by atoms with Crippen molar-refractivity contribution < 1.29 is 4.42 Å². The highest BCUT2D eigenvalue weighted by Gasteiger charge is 2.25. The van der Waals surface area contributed by atoms with Gasteiger partial charge >= 0.3 is 0 Å². The summed E-state index contributed by atoms with van der Waals surface area (Å²) in [6.45, 7) is 0. The maximum absolute atomic E-state index is 6.26. The lowest BCUT2D eigenvalue weighted by Crippen LogP contribution is -2.44. The highest BCUT2D eigenvalue weighted by Crippen LogP contribution is 2.33. The SMILES string of the molecule is c1ccc(-c2nc3ccc4cc(-c5cccc(C6=NC(c7ccccc7)NC(c7ccccc7)N6)c5)ccc4c3o2)cc1. The fourth-order valence-electron chi connectivity index (χ4n) is 5.77. The van der Waals surface area contributed by atoms with E-state index in [1.807, 2.05) is 48.5 Å². The standard InChI is InChI=1S/C38H28N4O/c1-4-11-25(12-5-1)35-40-36(26-13-6-2-7-14-26)42-37(41-35)31-18-10-17-28(24-31)29-19-21-32-30(23-29)20-22-33-34(32)43-38(39-33)27-15-8-3-9-16-27/h1-24,35-36,40H,(H,41,42). The molecule has 0 saturated heterocycles. The zero-order valence-corrected chi connectivity index (χ0v) is 23.3. The molecule has 7 aromatic rings. The second-order valence-corrected chi connectivity index (χ2v) is 10.8. The number of hydrogen-bond donors (Lipinski definition) is 2. The number of benzene rings is 6. The van der Waals surface area contributed by atoms with Crippen LogP contribution in [0.4, 0.5) is 0 Å². The molecule has 2 heterocycles. The Morgan fingerprint density at radius 1 is 0.558 bits per heavy atom. The van der Waals surface area contributed by atoms with Crippen molar-refractivity contribution in [3.05, 3.63) is 162 Å². The van der Waals surface area contributed by atoms with E-state index in [0.717, 1.165) is 61.1 Å². The molecule has 6 aromatic carbocycles. The van der Waals surface area contributed by atoms with Crippen LogP contribution in [0.5, 0.6) is 0 Å². The number of hydrogen-bond acceptors (Lipinski definition) is 5. The molecule has 206 valence electrons. The third-order valence-corrected chi connectivity index (χ3v) is 7.97. The van der Waals surface area contributed by atoms with Crippen molar-refractivity contribution in [2.75, 3.05) is 0 Å². The van der Waals surface area contributed by atoms with Gasteiger partial charge in [-0.1, -0.05) is 109 Å². The third-order valence-electron chi connectivity index (χ3n) is 7.97. The van der Waals surface area contributed by atoms with Crippen molar-refractivity contribution in [3.8, 4) is 22.6 Å². The number of amidine groups is 1. The minimum absolute atomic E-state index is 0.0756. The number of oxazole rings is 1. The third kappa shape index (κ3) is 4.86. The van der Waals surface area contributed by atoms with Crippen molar-refractivity contribution in [3.63, 3.8) is 0 Å². The smallest absolute Gasteiger partial charge is 0.227 e. The van der Waals surface area contributed by atoms with E-state index in [4.69, 9.17) is 14.4 Å². The van der Waals surface area contributed by atoms with Gasteiger partial charge in [0.05, 0.1) is 0 Å². The van der Waals surface area contributed by atoms with Gasteiger partial charge in [-0.05, 0) is 64.0 Å². The number of aliphatic imine (C=N–C) groups is 1. The van der Waals surface area contributed by atoms with Gasteiger partial charge in [-0.2, -0.15) is 0 Å². The summed E-state index contributed by atoms with van der Waals surface area (Å²) in [5, 5.41) is 9.47. The van der Waals surface area contributed by atoms with Crippen LogP contribution in [0.3, 0.4) is 0 Å². The monoisotopic (exact) mass is 556 g/mol. The van der Waals surface area contributed by atoms with E-state index in [0.29, 0.717) is 5.89 Å². The van der Waals surface area contributed by atoms with Gasteiger partial charge in [0.15, 0.2) is 5.58 Å². The first kappa shape index (κ1) is 25.2. The Balaban J connectivity index is 1.16. The summed E-state index contributed by atoms with van der Waals surface area (Å²) in [6.07, 6.45) is -0.245. The van der Waals surface area contributed by atoms with Gasteiger partial charge in [-0.3, -0.25) is 5.32 Å². The molecular formula is C38H28N4O. The van der Waals surface area contributed by atoms with Crippen LogP contribution in [-0.2, 0) is 0 Å². The fourth-order valence-corrected chi connectivity index (χ4v) is 5.77. The summed E-state index contributed by atoms with van der Waals surface area (Å²) in [4.78, 5) is 9.86. The van der Waals surface area contributed by atoms with Gasteiger partial charge in [0, 0.05) is 16.5 Å². The van der Waals surface area contributed by atoms with Gasteiger partial charge in [-0.25, -0.2) is 9.98 Å². The molecule has 43 heavy (non-hydrogen) atoms. The van der Waals surface area contributed by atoms with Crippen LogP contribution in [-0.4, -0.2) is 10.8 Å². The molecule has 0 fully saturated rings. The molecule has 0 bridgehead atoms. The summed E-state index contributed by atoms with van der Waals surface area (Å²) in [7, 11) is 0. The highest BCUT2D eigenvalue weighted by atomic mass is 16.3. The molecule has 2 N–H and O–H groups in total. The molecule has 8 rings (SSSR count). The molecule has 0 radical (unpaired) electrons. The Hall–Kier alpha value is -5.52. The molecule has 0 spiro atoms. The van der Waals surface area contributed by atoms with Gasteiger partial charge in [0.1, 0.15) is 23.7 Å². The number of rotatable bonds is 5. The number of nitrogens with zero attached hydrogens (tertiary/aromatic N) is 2. The van der Waals surface area contributed by atoms with Crippen molar-refractivity contribution in [1.29, 1.82) is 0 Å². The van der Waals surface area contributed by atoms with Gasteiger partial charge in [0.25, 0.3) is 0 Å². The molecule has 1 aromatic heterocycles. The summed E-state index contributed by atoms with van der Waals surface area (Å²) >= 11 is 0. The van der Waals surface area contributed by atoms with Crippen LogP contribution in [0.1, 0.15) is 29.0 Å². The quantitative estimate of drug-likeness (QED) is 0.223. The van der Waals surface area contributed by atoms with E-state index >= 15 is 0 Å². The topological polar surface area (TPSA) is 62.5 Å². The number of aromatic nitrogens is 1. The average Bonchev–Trinajstić information content (AvgIpc) is 3.54. The lowest BCUT2D eigenvalue weighted by molar-refractivity contribution is 0.409. The highest BCUT2D eigenvalue weighted by molar-refractivity contribution is 6.05. The van der Waals surface area contributed by atoms with Gasteiger partial charge < -0.3 is 9.73 Å². The van der Waals surface area contributed by atoms with Gasteiger partial charge in [0.2, 0.25) is 5.89 Å². The minimum atomic E-state index is -0.169. The largest absolute Gasteiger partial charge is 0.435 e. The first-order chi connectivity index (χ1) is 21.3. The average molecular weight is 557 g/mol. The predicted octanol–water partition coefficient (Wildman–Crippen LogP) is 8.65. The van der Waals surface area contributed by atoms with Crippen LogP contribution in [0.25, 0.3) is 44.5 Å². The Kier molecular flexibility index (Phi) is 6.28. The van der Waals surface area contributed by atoms with Crippen LogP contribution < -0.4 is 10.6 Å². The van der Waals surface area contributed by atoms with E-state index in [-0.39, 0.29) is 12.3 Å². The molecule has 1 aliphatic heterocycles. The molecule has 2 atom stereocenters. The number of nitrogens with one attached hydrogen (secondary N) is 2. The summed E-state index contributed by atoms with van der Waals surface area (Å²) < 4.78 is 6.26. The van der Waals surface area contributed by atoms with E-state index in [1.165, 1.54) is 0 Å². The summed E-state index contributed by atoms with van der Waals surface area (Å²) in [5.41, 5.74) is 8.22. The predicted molar refractivity (Wildman–Crippen MR) is 174 cm³/mol. The Morgan fingerprint density at radius 2 is 1.23 bits per heavy atom. The fraction of sp³-hybridized carbons (Fsp3) is 0.0526. The maximum Gasteiger partial charge on any atom is 0.227 e.